The highest BCUT2D eigenvalue weighted by Gasteiger charge is 2.64. The highest BCUT2D eigenvalue weighted by atomic mass is 35.5. The lowest BCUT2D eigenvalue weighted by Gasteiger charge is -2.35. The van der Waals surface area contributed by atoms with Crippen LogP contribution in [0.4, 0.5) is 17.1 Å². The molecule has 3 heterocycles. The summed E-state index contributed by atoms with van der Waals surface area (Å²) in [4.78, 5) is 54.7. The Labute approximate surface area is 216 Å². The van der Waals surface area contributed by atoms with E-state index in [1.807, 2.05) is 30.3 Å². The smallest absolute Gasteiger partial charge is 0.269 e. The van der Waals surface area contributed by atoms with Gasteiger partial charge in [0, 0.05) is 29.0 Å². The van der Waals surface area contributed by atoms with Gasteiger partial charge >= 0.3 is 0 Å². The Morgan fingerprint density at radius 2 is 1.59 bits per heavy atom. The number of benzene rings is 3. The molecule has 3 aliphatic rings. The van der Waals surface area contributed by atoms with Crippen molar-refractivity contribution in [2.45, 2.75) is 12.1 Å². The van der Waals surface area contributed by atoms with Crippen LogP contribution in [0.5, 0.6) is 0 Å². The van der Waals surface area contributed by atoms with E-state index in [0.717, 1.165) is 16.0 Å². The number of amides is 3. The van der Waals surface area contributed by atoms with E-state index in [-0.39, 0.29) is 11.4 Å². The van der Waals surface area contributed by atoms with E-state index in [1.165, 1.54) is 24.3 Å². The minimum atomic E-state index is -0.949. The molecule has 10 heteroatoms. The Morgan fingerprint density at radius 3 is 2.30 bits per heavy atom. The van der Waals surface area contributed by atoms with Gasteiger partial charge in [-0.1, -0.05) is 35.9 Å². The van der Waals surface area contributed by atoms with Crippen LogP contribution in [-0.4, -0.2) is 33.6 Å². The monoisotopic (exact) mass is 514 g/mol. The fourth-order valence-electron chi connectivity index (χ4n) is 5.58. The molecule has 0 spiro atoms. The zero-order valence-corrected chi connectivity index (χ0v) is 19.9. The Kier molecular flexibility index (Phi) is 5.31. The fraction of sp³-hybridized carbons (Fsp3) is 0.148. The van der Waals surface area contributed by atoms with E-state index in [1.54, 1.807) is 35.4 Å². The lowest BCUT2D eigenvalue weighted by Crippen LogP contribution is -2.46. The number of nitrogens with one attached hydrogen (secondary N) is 1. The first-order valence-corrected chi connectivity index (χ1v) is 12.0. The molecule has 0 aliphatic carbocycles. The van der Waals surface area contributed by atoms with Gasteiger partial charge in [0.15, 0.2) is 0 Å². The predicted octanol–water partition coefficient (Wildman–Crippen LogP) is 4.40. The number of fused-ring (bicyclic) bond motifs is 5. The van der Waals surface area contributed by atoms with E-state index in [2.05, 4.69) is 5.32 Å². The average Bonchev–Trinajstić information content (AvgIpc) is 3.38. The van der Waals surface area contributed by atoms with Crippen molar-refractivity contribution in [3.8, 4) is 0 Å². The fourth-order valence-corrected chi connectivity index (χ4v) is 5.71. The number of halogens is 1. The number of hydrogen-bond acceptors (Lipinski definition) is 6. The second-order valence-electron chi connectivity index (χ2n) is 9.11. The summed E-state index contributed by atoms with van der Waals surface area (Å²) < 4.78 is 0. The largest absolute Gasteiger partial charge is 0.357 e. The molecule has 0 aromatic heterocycles. The van der Waals surface area contributed by atoms with Crippen molar-refractivity contribution in [1.29, 1.82) is 0 Å². The molecule has 2 fully saturated rings. The van der Waals surface area contributed by atoms with Crippen LogP contribution >= 0.6 is 11.6 Å². The Hall–Kier alpha value is -4.50. The van der Waals surface area contributed by atoms with E-state index in [0.29, 0.717) is 10.7 Å². The van der Waals surface area contributed by atoms with Gasteiger partial charge in [-0.05, 0) is 53.6 Å². The quantitative estimate of drug-likeness (QED) is 0.313. The number of anilines is 2. The minimum absolute atomic E-state index is 0.152. The molecule has 3 aliphatic heterocycles. The maximum Gasteiger partial charge on any atom is 0.269 e. The lowest BCUT2D eigenvalue weighted by molar-refractivity contribution is -0.384. The molecule has 3 amide bonds. The first-order chi connectivity index (χ1) is 17.8. The van der Waals surface area contributed by atoms with Crippen LogP contribution in [-0.2, 0) is 14.4 Å². The van der Waals surface area contributed by atoms with Crippen LogP contribution in [0.1, 0.15) is 17.2 Å². The predicted molar refractivity (Wildman–Crippen MR) is 136 cm³/mol. The number of nitrogens with zero attached hydrogens (tertiary/aromatic N) is 3. The molecule has 2 saturated heterocycles. The number of nitro benzene ring substituents is 1. The molecule has 0 saturated carbocycles. The number of rotatable bonds is 4. The molecule has 4 atom stereocenters. The number of carbonyl (C=O) groups excluding carboxylic acids is 3. The number of nitro groups is 1. The number of imide groups is 1. The standard InChI is InChI=1S/C27H19ClN4O5/c28-16-5-7-17(8-6-16)29-25(33)24-22-21(23-20-4-2-1-3-15(20)13-14-30(23)24)26(34)31(27(22)35)18-9-11-19(12-10-18)32(36)37/h1-14,21-24H,(H,29,33)/t21-,22-,23-,24+/m1/s1. The topological polar surface area (TPSA) is 113 Å². The van der Waals surface area contributed by atoms with Gasteiger partial charge in [-0.2, -0.15) is 0 Å². The van der Waals surface area contributed by atoms with Crippen LogP contribution in [0, 0.1) is 22.0 Å². The summed E-state index contributed by atoms with van der Waals surface area (Å²) in [7, 11) is 0. The molecule has 0 unspecified atom stereocenters. The van der Waals surface area contributed by atoms with Crippen molar-refractivity contribution in [2.75, 3.05) is 10.2 Å². The molecule has 0 radical (unpaired) electrons. The van der Waals surface area contributed by atoms with E-state index >= 15 is 0 Å². The normalized spacial score (nSPS) is 23.5. The van der Waals surface area contributed by atoms with Crippen molar-refractivity contribution in [3.05, 3.63) is 105 Å². The molecular formula is C27H19ClN4O5. The summed E-state index contributed by atoms with van der Waals surface area (Å²) in [5, 5.41) is 14.5. The van der Waals surface area contributed by atoms with Crippen LogP contribution in [0.25, 0.3) is 6.08 Å². The van der Waals surface area contributed by atoms with Crippen molar-refractivity contribution in [2.24, 2.45) is 11.8 Å². The maximum absolute atomic E-state index is 13.8. The second kappa shape index (κ2) is 8.56. The lowest BCUT2D eigenvalue weighted by atomic mass is 9.84. The van der Waals surface area contributed by atoms with Gasteiger partial charge in [0.2, 0.25) is 17.7 Å². The number of carbonyl (C=O) groups is 3. The zero-order chi connectivity index (χ0) is 25.8. The molecule has 0 bridgehead atoms. The third kappa shape index (κ3) is 3.58. The summed E-state index contributed by atoms with van der Waals surface area (Å²) in [6.45, 7) is 0. The Morgan fingerprint density at radius 1 is 0.919 bits per heavy atom. The van der Waals surface area contributed by atoms with Crippen molar-refractivity contribution in [3.63, 3.8) is 0 Å². The molecule has 9 nitrogen and oxygen atoms in total. The minimum Gasteiger partial charge on any atom is -0.357 e. The van der Waals surface area contributed by atoms with Gasteiger partial charge in [0.1, 0.15) is 6.04 Å². The van der Waals surface area contributed by atoms with E-state index in [9.17, 15) is 24.5 Å². The van der Waals surface area contributed by atoms with Crippen LogP contribution in [0.3, 0.4) is 0 Å². The molecule has 1 N–H and O–H groups in total. The first-order valence-electron chi connectivity index (χ1n) is 11.6. The summed E-state index contributed by atoms with van der Waals surface area (Å²) >= 11 is 5.97. The summed E-state index contributed by atoms with van der Waals surface area (Å²) in [5.74, 6) is -3.13. The first kappa shape index (κ1) is 22.9. The van der Waals surface area contributed by atoms with Gasteiger partial charge < -0.3 is 10.2 Å². The van der Waals surface area contributed by atoms with Gasteiger partial charge in [0.05, 0.1) is 28.5 Å². The molecule has 3 aromatic rings. The van der Waals surface area contributed by atoms with Crippen molar-refractivity contribution < 1.29 is 19.3 Å². The maximum atomic E-state index is 13.8. The van der Waals surface area contributed by atoms with Gasteiger partial charge in [-0.15, -0.1) is 0 Å². The van der Waals surface area contributed by atoms with E-state index < -0.39 is 46.6 Å². The molecular weight excluding hydrogens is 496 g/mol. The van der Waals surface area contributed by atoms with Gasteiger partial charge in [-0.25, -0.2) is 4.90 Å². The number of hydrogen-bond donors (Lipinski definition) is 1. The van der Waals surface area contributed by atoms with Gasteiger partial charge in [-0.3, -0.25) is 24.5 Å². The molecule has 37 heavy (non-hydrogen) atoms. The second-order valence-corrected chi connectivity index (χ2v) is 9.55. The molecule has 184 valence electrons. The highest BCUT2D eigenvalue weighted by molar-refractivity contribution is 6.30. The van der Waals surface area contributed by atoms with Crippen molar-refractivity contribution in [1.82, 2.24) is 4.90 Å². The van der Waals surface area contributed by atoms with Gasteiger partial charge in [0.25, 0.3) is 5.69 Å². The molecule has 6 rings (SSSR count). The highest BCUT2D eigenvalue weighted by Crippen LogP contribution is 2.53. The third-order valence-corrected chi connectivity index (χ3v) is 7.41. The third-order valence-electron chi connectivity index (χ3n) is 7.16. The van der Waals surface area contributed by atoms with Crippen LogP contribution in [0.2, 0.25) is 5.02 Å². The van der Waals surface area contributed by atoms with E-state index in [4.69, 9.17) is 11.6 Å². The Bertz CT molecular complexity index is 1490. The summed E-state index contributed by atoms with van der Waals surface area (Å²) in [6, 6.07) is 18.0. The summed E-state index contributed by atoms with van der Waals surface area (Å²) in [6.07, 6.45) is 3.65. The average molecular weight is 515 g/mol. The van der Waals surface area contributed by atoms with Crippen LogP contribution < -0.4 is 10.2 Å². The zero-order valence-electron chi connectivity index (χ0n) is 19.2. The SMILES string of the molecule is O=C(Nc1ccc(Cl)cc1)[C@@H]1[C@@H]2C(=O)N(c3ccc([N+](=O)[O-])cc3)C(=O)[C@H]2[C@H]2c3ccccc3C=CN12. The van der Waals surface area contributed by atoms with Crippen LogP contribution in [0.15, 0.2) is 79.0 Å². The van der Waals surface area contributed by atoms with Crippen molar-refractivity contribution >= 4 is 52.5 Å². The molecule has 3 aromatic carbocycles. The summed E-state index contributed by atoms with van der Waals surface area (Å²) in [5.41, 5.74) is 2.36. The number of non-ortho nitro benzene ring substituents is 1. The Balaban J connectivity index is 1.42.